The Balaban J connectivity index is 1.83. The van der Waals surface area contributed by atoms with Crippen molar-refractivity contribution in [3.63, 3.8) is 0 Å². The second-order valence-electron chi connectivity index (χ2n) is 5.76. The molecule has 5 nitrogen and oxygen atoms in total. The number of alkyl halides is 2. The number of nitrogens with one attached hydrogen (secondary N) is 1. The molecular weight excluding hydrogens is 382 g/mol. The molecule has 0 saturated heterocycles. The standard InChI is InChI=1S/C17H16F2N2O3S2/c1-26(23,24)21-9-8-11-10-12(6-7-14(11)21)16(22)20-13-4-2-3-5-15(13)25-17(18)19/h2-7,10,17H,8-9H2,1H3,(H,20,22). The molecule has 0 spiro atoms. The monoisotopic (exact) mass is 398 g/mol. The van der Waals surface area contributed by atoms with Gasteiger partial charge in [0.15, 0.2) is 0 Å². The van der Waals surface area contributed by atoms with Crippen LogP contribution in [0.2, 0.25) is 0 Å². The second kappa shape index (κ2) is 7.24. The number of carbonyl (C=O) groups is 1. The van der Waals surface area contributed by atoms with E-state index in [1.54, 1.807) is 30.3 Å². The Kier molecular flexibility index (Phi) is 5.19. The third-order valence-corrected chi connectivity index (χ3v) is 5.91. The van der Waals surface area contributed by atoms with Crippen LogP contribution in [0.3, 0.4) is 0 Å². The first-order valence-electron chi connectivity index (χ1n) is 7.71. The van der Waals surface area contributed by atoms with Crippen molar-refractivity contribution in [2.75, 3.05) is 22.4 Å². The van der Waals surface area contributed by atoms with Crippen molar-refractivity contribution in [3.05, 3.63) is 53.6 Å². The summed E-state index contributed by atoms with van der Waals surface area (Å²) in [6.07, 6.45) is 1.65. The number of para-hydroxylation sites is 1. The van der Waals surface area contributed by atoms with Gasteiger partial charge in [0.2, 0.25) is 10.0 Å². The van der Waals surface area contributed by atoms with E-state index in [9.17, 15) is 22.0 Å². The van der Waals surface area contributed by atoms with Crippen LogP contribution in [0.1, 0.15) is 15.9 Å². The van der Waals surface area contributed by atoms with E-state index in [1.165, 1.54) is 16.4 Å². The van der Waals surface area contributed by atoms with Gasteiger partial charge in [-0.2, -0.15) is 8.78 Å². The maximum absolute atomic E-state index is 12.6. The van der Waals surface area contributed by atoms with E-state index in [0.29, 0.717) is 41.7 Å². The minimum atomic E-state index is -3.36. The lowest BCUT2D eigenvalue weighted by atomic mass is 10.1. The molecule has 3 rings (SSSR count). The fraction of sp³-hybridized carbons (Fsp3) is 0.235. The Morgan fingerprint density at radius 3 is 2.65 bits per heavy atom. The van der Waals surface area contributed by atoms with Gasteiger partial charge in [0.1, 0.15) is 0 Å². The largest absolute Gasteiger partial charge is 0.321 e. The molecule has 0 atom stereocenters. The van der Waals surface area contributed by atoms with Crippen molar-refractivity contribution in [3.8, 4) is 0 Å². The molecule has 138 valence electrons. The summed E-state index contributed by atoms with van der Waals surface area (Å²) < 4.78 is 50.1. The Hall–Kier alpha value is -2.13. The van der Waals surface area contributed by atoms with Crippen molar-refractivity contribution in [1.29, 1.82) is 0 Å². The lowest BCUT2D eigenvalue weighted by molar-refractivity contribution is 0.102. The van der Waals surface area contributed by atoms with Crippen molar-refractivity contribution in [2.24, 2.45) is 0 Å². The van der Waals surface area contributed by atoms with Gasteiger partial charge in [0.05, 0.1) is 17.6 Å². The molecule has 1 N–H and O–H groups in total. The van der Waals surface area contributed by atoms with Crippen molar-refractivity contribution in [2.45, 2.75) is 17.1 Å². The topological polar surface area (TPSA) is 66.5 Å². The minimum Gasteiger partial charge on any atom is -0.321 e. The van der Waals surface area contributed by atoms with Gasteiger partial charge in [-0.3, -0.25) is 9.10 Å². The summed E-state index contributed by atoms with van der Waals surface area (Å²) in [6.45, 7) is 0.340. The number of benzene rings is 2. The van der Waals surface area contributed by atoms with E-state index in [1.807, 2.05) is 0 Å². The predicted octanol–water partition coefficient (Wildman–Crippen LogP) is 3.58. The first-order valence-corrected chi connectivity index (χ1v) is 10.4. The second-order valence-corrected chi connectivity index (χ2v) is 8.70. The number of fused-ring (bicyclic) bond motifs is 1. The molecule has 0 aromatic heterocycles. The Morgan fingerprint density at radius 1 is 1.23 bits per heavy atom. The highest BCUT2D eigenvalue weighted by Gasteiger charge is 2.26. The average molecular weight is 398 g/mol. The maximum atomic E-state index is 12.6. The zero-order valence-electron chi connectivity index (χ0n) is 13.8. The van der Waals surface area contributed by atoms with E-state index >= 15 is 0 Å². The fourth-order valence-electron chi connectivity index (χ4n) is 2.82. The Morgan fingerprint density at radius 2 is 1.96 bits per heavy atom. The molecular formula is C17H16F2N2O3S2. The molecule has 0 unspecified atom stereocenters. The van der Waals surface area contributed by atoms with E-state index in [-0.39, 0.29) is 4.90 Å². The molecule has 9 heteroatoms. The van der Waals surface area contributed by atoms with Crippen molar-refractivity contribution >= 4 is 39.1 Å². The molecule has 1 aliphatic heterocycles. The minimum absolute atomic E-state index is 0.278. The van der Waals surface area contributed by atoms with Gasteiger partial charge >= 0.3 is 0 Å². The van der Waals surface area contributed by atoms with Crippen LogP contribution in [-0.4, -0.2) is 32.9 Å². The molecule has 1 aliphatic rings. The highest BCUT2D eigenvalue weighted by Crippen LogP contribution is 2.33. The van der Waals surface area contributed by atoms with Gasteiger partial charge in [-0.1, -0.05) is 23.9 Å². The zero-order chi connectivity index (χ0) is 18.9. The summed E-state index contributed by atoms with van der Waals surface area (Å²) in [4.78, 5) is 12.8. The normalized spacial score (nSPS) is 13.8. The van der Waals surface area contributed by atoms with Crippen LogP contribution < -0.4 is 9.62 Å². The van der Waals surface area contributed by atoms with Gasteiger partial charge in [-0.15, -0.1) is 0 Å². The number of anilines is 2. The van der Waals surface area contributed by atoms with Crippen LogP contribution in [0.15, 0.2) is 47.4 Å². The number of amides is 1. The van der Waals surface area contributed by atoms with E-state index in [0.717, 1.165) is 11.8 Å². The third-order valence-electron chi connectivity index (χ3n) is 3.95. The van der Waals surface area contributed by atoms with Crippen LogP contribution in [-0.2, 0) is 16.4 Å². The molecule has 0 fully saturated rings. The first-order chi connectivity index (χ1) is 12.3. The summed E-state index contributed by atoms with van der Waals surface area (Å²) in [7, 11) is -3.36. The summed E-state index contributed by atoms with van der Waals surface area (Å²) in [5.74, 6) is -3.03. The summed E-state index contributed by atoms with van der Waals surface area (Å²) in [6, 6.07) is 11.1. The average Bonchev–Trinajstić information content (AvgIpc) is 2.99. The summed E-state index contributed by atoms with van der Waals surface area (Å²) >= 11 is 0.364. The molecule has 1 heterocycles. The Labute approximate surface area is 154 Å². The molecule has 0 aliphatic carbocycles. The number of nitrogens with zero attached hydrogens (tertiary/aromatic N) is 1. The number of hydrogen-bond acceptors (Lipinski definition) is 4. The number of rotatable bonds is 5. The van der Waals surface area contributed by atoms with Crippen LogP contribution in [0, 0.1) is 0 Å². The number of sulfonamides is 1. The molecule has 2 aromatic carbocycles. The lowest BCUT2D eigenvalue weighted by Crippen LogP contribution is -2.27. The van der Waals surface area contributed by atoms with E-state index in [4.69, 9.17) is 0 Å². The zero-order valence-corrected chi connectivity index (χ0v) is 15.4. The van der Waals surface area contributed by atoms with Crippen LogP contribution in [0.5, 0.6) is 0 Å². The van der Waals surface area contributed by atoms with Gasteiger partial charge < -0.3 is 5.32 Å². The van der Waals surface area contributed by atoms with Gasteiger partial charge in [0, 0.05) is 17.0 Å². The van der Waals surface area contributed by atoms with Crippen molar-refractivity contribution in [1.82, 2.24) is 0 Å². The Bertz CT molecular complexity index is 949. The quantitative estimate of drug-likeness (QED) is 0.782. The van der Waals surface area contributed by atoms with Crippen LogP contribution in [0.25, 0.3) is 0 Å². The highest BCUT2D eigenvalue weighted by atomic mass is 32.2. The molecule has 0 saturated carbocycles. The number of thioether (sulfide) groups is 1. The van der Waals surface area contributed by atoms with Crippen LogP contribution >= 0.6 is 11.8 Å². The van der Waals surface area contributed by atoms with Gasteiger partial charge in [-0.05, 0) is 42.3 Å². The number of hydrogen-bond donors (Lipinski definition) is 1. The molecule has 1 amide bonds. The number of halogens is 2. The molecule has 2 aromatic rings. The molecule has 0 bridgehead atoms. The number of carbonyl (C=O) groups excluding carboxylic acids is 1. The van der Waals surface area contributed by atoms with Crippen LogP contribution in [0.4, 0.5) is 20.2 Å². The first kappa shape index (κ1) is 18.7. The van der Waals surface area contributed by atoms with Crippen molar-refractivity contribution < 1.29 is 22.0 Å². The third kappa shape index (κ3) is 3.99. The van der Waals surface area contributed by atoms with E-state index < -0.39 is 21.7 Å². The van der Waals surface area contributed by atoms with E-state index in [2.05, 4.69) is 5.32 Å². The molecule has 26 heavy (non-hydrogen) atoms. The molecule has 0 radical (unpaired) electrons. The van der Waals surface area contributed by atoms with Gasteiger partial charge in [0.25, 0.3) is 11.7 Å². The van der Waals surface area contributed by atoms with Gasteiger partial charge in [-0.25, -0.2) is 8.42 Å². The SMILES string of the molecule is CS(=O)(=O)N1CCc2cc(C(=O)Nc3ccccc3SC(F)F)ccc21. The highest BCUT2D eigenvalue weighted by molar-refractivity contribution is 7.99. The summed E-state index contributed by atoms with van der Waals surface area (Å²) in [5, 5.41) is 2.64. The predicted molar refractivity (Wildman–Crippen MR) is 98.6 cm³/mol. The lowest BCUT2D eigenvalue weighted by Gasteiger charge is -2.16. The fourth-order valence-corrected chi connectivity index (χ4v) is 4.37. The smallest absolute Gasteiger partial charge is 0.288 e. The maximum Gasteiger partial charge on any atom is 0.288 e. The summed E-state index contributed by atoms with van der Waals surface area (Å²) in [5.41, 5.74) is 1.98.